The van der Waals surface area contributed by atoms with Gasteiger partial charge in [-0.2, -0.15) is 5.26 Å². The molecule has 9 heteroatoms. The fourth-order valence-corrected chi connectivity index (χ4v) is 5.02. The zero-order valence-electron chi connectivity index (χ0n) is 18.2. The molecule has 1 aliphatic rings. The van der Waals surface area contributed by atoms with E-state index in [0.717, 1.165) is 22.9 Å². The Balaban J connectivity index is 1.81. The van der Waals surface area contributed by atoms with E-state index < -0.39 is 17.4 Å². The highest BCUT2D eigenvalue weighted by Crippen LogP contribution is 2.47. The maximum absolute atomic E-state index is 13.7. The largest absolute Gasteiger partial charge is 0.369 e. The van der Waals surface area contributed by atoms with Crippen LogP contribution in [0.2, 0.25) is 0 Å². The van der Waals surface area contributed by atoms with E-state index in [-0.39, 0.29) is 17.4 Å². The van der Waals surface area contributed by atoms with Crippen molar-refractivity contribution in [3.8, 4) is 17.2 Å². The predicted octanol–water partition coefficient (Wildman–Crippen LogP) is 4.58. The van der Waals surface area contributed by atoms with E-state index in [1.54, 1.807) is 31.4 Å². The van der Waals surface area contributed by atoms with Gasteiger partial charge in [0.15, 0.2) is 5.96 Å². The second-order valence-corrected chi connectivity index (χ2v) is 9.14. The summed E-state index contributed by atoms with van der Waals surface area (Å²) >= 11 is 1.41. The van der Waals surface area contributed by atoms with Crippen LogP contribution < -0.4 is 5.73 Å². The van der Waals surface area contributed by atoms with E-state index in [4.69, 9.17) is 11.0 Å². The van der Waals surface area contributed by atoms with E-state index in [0.29, 0.717) is 11.1 Å². The first-order valence-electron chi connectivity index (χ1n) is 10.1. The Labute approximate surface area is 194 Å². The van der Waals surface area contributed by atoms with Crippen LogP contribution in [-0.2, 0) is 16.3 Å². The first-order valence-corrected chi connectivity index (χ1v) is 11.0. The Hall–Kier alpha value is -3.64. The third kappa shape index (κ3) is 3.98. The molecule has 0 aliphatic carbocycles. The lowest BCUT2D eigenvalue weighted by atomic mass is 9.77. The van der Waals surface area contributed by atoms with Crippen molar-refractivity contribution < 1.29 is 13.6 Å². The molecule has 1 amide bonds. The number of alkyl halides is 2. The summed E-state index contributed by atoms with van der Waals surface area (Å²) in [7, 11) is 1.54. The van der Waals surface area contributed by atoms with Crippen LogP contribution in [0.25, 0.3) is 11.1 Å². The number of rotatable bonds is 4. The van der Waals surface area contributed by atoms with Crippen molar-refractivity contribution in [2.24, 2.45) is 10.7 Å². The smallest absolute Gasteiger partial charge is 0.270 e. The van der Waals surface area contributed by atoms with Gasteiger partial charge in [-0.3, -0.25) is 14.7 Å². The van der Waals surface area contributed by atoms with Crippen molar-refractivity contribution in [3.05, 3.63) is 75.7 Å². The first kappa shape index (κ1) is 22.6. The Bertz CT molecular complexity index is 1290. The average molecular weight is 466 g/mol. The topological polar surface area (TPSA) is 95.4 Å². The summed E-state index contributed by atoms with van der Waals surface area (Å²) in [5.41, 5.74) is 7.51. The monoisotopic (exact) mass is 465 g/mol. The number of hydrogen-bond acceptors (Lipinski definition) is 6. The van der Waals surface area contributed by atoms with Gasteiger partial charge in [-0.25, -0.2) is 13.8 Å². The van der Waals surface area contributed by atoms with Crippen molar-refractivity contribution in [1.29, 1.82) is 5.26 Å². The quantitative estimate of drug-likeness (QED) is 0.610. The third-order valence-corrected chi connectivity index (χ3v) is 7.04. The van der Waals surface area contributed by atoms with E-state index >= 15 is 0 Å². The van der Waals surface area contributed by atoms with Crippen molar-refractivity contribution in [2.75, 3.05) is 7.05 Å². The van der Waals surface area contributed by atoms with Gasteiger partial charge in [0.25, 0.3) is 5.92 Å². The molecule has 2 aromatic heterocycles. The highest BCUT2D eigenvalue weighted by molar-refractivity contribution is 7.10. The van der Waals surface area contributed by atoms with Crippen LogP contribution >= 0.6 is 11.3 Å². The average Bonchev–Trinajstić information content (AvgIpc) is 3.29. The first-order chi connectivity index (χ1) is 15.5. The van der Waals surface area contributed by atoms with Gasteiger partial charge in [0, 0.05) is 42.4 Å². The summed E-state index contributed by atoms with van der Waals surface area (Å²) in [6.45, 7) is 2.65. The number of guanidine groups is 1. The molecular weight excluding hydrogens is 444 g/mol. The van der Waals surface area contributed by atoms with Crippen LogP contribution in [0.3, 0.4) is 0 Å². The zero-order valence-corrected chi connectivity index (χ0v) is 19.0. The van der Waals surface area contributed by atoms with E-state index in [2.05, 4.69) is 16.0 Å². The van der Waals surface area contributed by atoms with Crippen LogP contribution in [0.4, 0.5) is 8.78 Å². The van der Waals surface area contributed by atoms with Crippen LogP contribution in [0.15, 0.2) is 59.2 Å². The number of carbonyl (C=O) groups is 1. The maximum atomic E-state index is 13.7. The molecule has 3 aromatic rings. The number of halogens is 2. The second-order valence-electron chi connectivity index (χ2n) is 8.23. The van der Waals surface area contributed by atoms with Crippen LogP contribution in [0, 0.1) is 11.3 Å². The summed E-state index contributed by atoms with van der Waals surface area (Å²) in [5, 5.41) is 11.1. The summed E-state index contributed by atoms with van der Waals surface area (Å²) in [4.78, 5) is 24.2. The number of aliphatic imine (C=N–C) groups is 1. The molecule has 0 spiro atoms. The molecule has 1 aliphatic heterocycles. The molecule has 4 rings (SSSR count). The lowest BCUT2D eigenvalue weighted by molar-refractivity contribution is -0.130. The highest BCUT2D eigenvalue weighted by atomic mass is 32.1. The van der Waals surface area contributed by atoms with Crippen molar-refractivity contribution >= 4 is 23.2 Å². The highest BCUT2D eigenvalue weighted by Gasteiger charge is 2.48. The number of amides is 1. The Kier molecular flexibility index (Phi) is 5.50. The normalized spacial score (nSPS) is 21.0. The molecule has 0 unspecified atom stereocenters. The fourth-order valence-electron chi connectivity index (χ4n) is 3.97. The van der Waals surface area contributed by atoms with Gasteiger partial charge in [-0.15, -0.1) is 11.3 Å². The second kappa shape index (κ2) is 8.05. The van der Waals surface area contributed by atoms with Gasteiger partial charge in [-0.05, 0) is 35.6 Å². The fraction of sp³-hybridized carbons (Fsp3) is 0.250. The lowest BCUT2D eigenvalue weighted by Gasteiger charge is -2.40. The van der Waals surface area contributed by atoms with Gasteiger partial charge >= 0.3 is 0 Å². The van der Waals surface area contributed by atoms with Gasteiger partial charge in [0.2, 0.25) is 5.91 Å². The predicted molar refractivity (Wildman–Crippen MR) is 123 cm³/mol. The molecule has 0 radical (unpaired) electrons. The minimum Gasteiger partial charge on any atom is -0.369 e. The van der Waals surface area contributed by atoms with E-state index in [9.17, 15) is 13.6 Å². The summed E-state index contributed by atoms with van der Waals surface area (Å²) in [6, 6.07) is 11.5. The molecule has 0 bridgehead atoms. The molecule has 2 atom stereocenters. The maximum Gasteiger partial charge on any atom is 0.270 e. The standard InChI is InChI=1S/C24H21F2N5OS/c1-23(19-9-17(13-33-19)16-8-14(10-27)11-29-12-16)20(21(32)31(3)22(28)30-23)15-4-6-18(7-5-15)24(2,25)26/h4-9,11-13,20H,1-3H3,(H2,28,30)/t20-,23-/m1/s1. The summed E-state index contributed by atoms with van der Waals surface area (Å²) < 4.78 is 27.4. The number of hydrogen-bond donors (Lipinski definition) is 1. The molecule has 0 saturated heterocycles. The minimum absolute atomic E-state index is 0.0820. The zero-order chi connectivity index (χ0) is 24.0. The number of thiophene rings is 1. The van der Waals surface area contributed by atoms with Crippen molar-refractivity contribution in [1.82, 2.24) is 9.88 Å². The van der Waals surface area contributed by atoms with E-state index in [1.807, 2.05) is 18.4 Å². The Morgan fingerprint density at radius 3 is 2.55 bits per heavy atom. The number of nitrogens with zero attached hydrogens (tertiary/aromatic N) is 4. The van der Waals surface area contributed by atoms with Gasteiger partial charge in [-0.1, -0.05) is 24.3 Å². The molecule has 3 heterocycles. The number of pyridine rings is 1. The molecule has 168 valence electrons. The molecule has 1 aromatic carbocycles. The number of nitriles is 1. The van der Waals surface area contributed by atoms with Gasteiger partial charge in [0.1, 0.15) is 11.6 Å². The number of likely N-dealkylation sites (N-methyl/N-ethyl adjacent to an activating group) is 1. The molecular formula is C24H21F2N5OS. The number of aromatic nitrogens is 1. The van der Waals surface area contributed by atoms with Crippen molar-refractivity contribution in [2.45, 2.75) is 31.2 Å². The van der Waals surface area contributed by atoms with Crippen molar-refractivity contribution in [3.63, 3.8) is 0 Å². The van der Waals surface area contributed by atoms with E-state index in [1.165, 1.54) is 34.6 Å². The Morgan fingerprint density at radius 2 is 1.91 bits per heavy atom. The molecule has 6 nitrogen and oxygen atoms in total. The molecule has 0 fully saturated rings. The molecule has 0 saturated carbocycles. The Morgan fingerprint density at radius 1 is 1.21 bits per heavy atom. The minimum atomic E-state index is -2.98. The molecule has 2 N–H and O–H groups in total. The van der Waals surface area contributed by atoms with Crippen LogP contribution in [0.5, 0.6) is 0 Å². The number of carbonyl (C=O) groups excluding carboxylic acids is 1. The molecule has 33 heavy (non-hydrogen) atoms. The van der Waals surface area contributed by atoms with Gasteiger partial charge in [0.05, 0.1) is 11.5 Å². The van der Waals surface area contributed by atoms with Gasteiger partial charge < -0.3 is 5.73 Å². The number of nitrogens with two attached hydrogens (primary N) is 1. The summed E-state index contributed by atoms with van der Waals surface area (Å²) in [6.07, 6.45) is 3.14. The van der Waals surface area contributed by atoms with Crippen LogP contribution in [-0.4, -0.2) is 28.8 Å². The lowest BCUT2D eigenvalue weighted by Crippen LogP contribution is -2.52. The van der Waals surface area contributed by atoms with Crippen LogP contribution in [0.1, 0.15) is 41.3 Å². The SMILES string of the molecule is CN1C(=O)[C@@H](c2ccc(C(C)(F)F)cc2)[C@@](C)(c2cc(-c3cncc(C#N)c3)cs2)N=C1N. The summed E-state index contributed by atoms with van der Waals surface area (Å²) in [5.74, 6) is -3.93. The third-order valence-electron chi connectivity index (χ3n) is 5.88. The number of benzene rings is 1.